The molecule has 0 saturated heterocycles. The largest absolute Gasteiger partial charge is 0.398 e. The highest BCUT2D eigenvalue weighted by molar-refractivity contribution is 6.30. The first-order chi connectivity index (χ1) is 7.56. The summed E-state index contributed by atoms with van der Waals surface area (Å²) in [4.78, 5) is 0. The van der Waals surface area contributed by atoms with Gasteiger partial charge in [0.2, 0.25) is 0 Å². The van der Waals surface area contributed by atoms with Crippen LogP contribution in [0.25, 0.3) is 0 Å². The summed E-state index contributed by atoms with van der Waals surface area (Å²) in [7, 11) is 0. The van der Waals surface area contributed by atoms with Gasteiger partial charge in [0, 0.05) is 10.7 Å². The molecule has 0 aromatic heterocycles. The number of nitrogen functional groups attached to an aromatic ring is 1. The van der Waals surface area contributed by atoms with Gasteiger partial charge >= 0.3 is 0 Å². The maximum atomic E-state index is 9.89. The van der Waals surface area contributed by atoms with Crippen molar-refractivity contribution < 1.29 is 5.11 Å². The van der Waals surface area contributed by atoms with Crippen LogP contribution in [0, 0.1) is 0 Å². The summed E-state index contributed by atoms with van der Waals surface area (Å²) in [5.41, 5.74) is 13.1. The molecular formula is C12H20Cl2N2O. The fraction of sp³-hybridized carbons (Fsp3) is 0.500. The van der Waals surface area contributed by atoms with E-state index in [1.807, 2.05) is 0 Å². The Labute approximate surface area is 114 Å². The van der Waals surface area contributed by atoms with Crippen LogP contribution in [0.5, 0.6) is 0 Å². The zero-order valence-corrected chi connectivity index (χ0v) is 11.5. The molecule has 0 fully saturated rings. The van der Waals surface area contributed by atoms with Crippen LogP contribution in [0.2, 0.25) is 5.02 Å². The Balaban J connectivity index is 0.00000256. The van der Waals surface area contributed by atoms with Crippen LogP contribution in [-0.2, 0) is 0 Å². The number of anilines is 1. The lowest BCUT2D eigenvalue weighted by atomic mass is 9.97. The van der Waals surface area contributed by atoms with Crippen LogP contribution in [0.3, 0.4) is 0 Å². The van der Waals surface area contributed by atoms with E-state index in [4.69, 9.17) is 23.1 Å². The number of nitrogens with two attached hydrogens (primary N) is 2. The highest BCUT2D eigenvalue weighted by atomic mass is 35.5. The molecule has 0 spiro atoms. The molecule has 0 saturated carbocycles. The van der Waals surface area contributed by atoms with Gasteiger partial charge in [-0.15, -0.1) is 12.4 Å². The Kier molecular flexibility index (Phi) is 7.55. The molecular weight excluding hydrogens is 259 g/mol. The van der Waals surface area contributed by atoms with E-state index in [9.17, 15) is 5.11 Å². The molecule has 0 amide bonds. The third kappa shape index (κ3) is 4.72. The summed E-state index contributed by atoms with van der Waals surface area (Å²) in [5.74, 6) is 0. The first-order valence-corrected chi connectivity index (χ1v) is 5.92. The monoisotopic (exact) mass is 278 g/mol. The predicted octanol–water partition coefficient (Wildman–Crippen LogP) is 2.89. The number of halogens is 2. The molecule has 0 radical (unpaired) electrons. The lowest BCUT2D eigenvalue weighted by molar-refractivity contribution is 0.133. The van der Waals surface area contributed by atoms with Gasteiger partial charge in [0.1, 0.15) is 0 Å². The number of aliphatic hydroxyl groups excluding tert-OH is 1. The average molecular weight is 279 g/mol. The van der Waals surface area contributed by atoms with E-state index < -0.39 is 12.1 Å². The van der Waals surface area contributed by atoms with Crippen molar-refractivity contribution in [2.45, 2.75) is 38.3 Å². The van der Waals surface area contributed by atoms with Crippen molar-refractivity contribution in [2.24, 2.45) is 5.73 Å². The van der Waals surface area contributed by atoms with Crippen LogP contribution < -0.4 is 11.5 Å². The zero-order chi connectivity index (χ0) is 12.1. The molecule has 5 N–H and O–H groups in total. The highest BCUT2D eigenvalue weighted by Gasteiger charge is 2.18. The van der Waals surface area contributed by atoms with Crippen molar-refractivity contribution in [3.8, 4) is 0 Å². The van der Waals surface area contributed by atoms with E-state index in [1.54, 1.807) is 18.2 Å². The first-order valence-electron chi connectivity index (χ1n) is 5.54. The third-order valence-electron chi connectivity index (χ3n) is 2.68. The molecule has 1 aromatic carbocycles. The van der Waals surface area contributed by atoms with Crippen LogP contribution in [-0.4, -0.2) is 11.2 Å². The van der Waals surface area contributed by atoms with Crippen molar-refractivity contribution in [3.63, 3.8) is 0 Å². The number of benzene rings is 1. The Morgan fingerprint density at radius 2 is 2.06 bits per heavy atom. The second-order valence-corrected chi connectivity index (χ2v) is 4.45. The summed E-state index contributed by atoms with van der Waals surface area (Å²) >= 11 is 5.88. The maximum Gasteiger partial charge on any atom is 0.0733 e. The molecule has 0 heterocycles. The molecule has 17 heavy (non-hydrogen) atoms. The summed E-state index contributed by atoms with van der Waals surface area (Å²) in [6, 6.07) is 4.68. The van der Waals surface area contributed by atoms with Gasteiger partial charge in [-0.2, -0.15) is 0 Å². The fourth-order valence-corrected chi connectivity index (χ4v) is 1.81. The molecule has 0 aliphatic carbocycles. The quantitative estimate of drug-likeness (QED) is 0.726. The lowest BCUT2D eigenvalue weighted by Gasteiger charge is -2.20. The van der Waals surface area contributed by atoms with E-state index in [0.717, 1.165) is 18.4 Å². The minimum absolute atomic E-state index is 0. The van der Waals surface area contributed by atoms with E-state index in [2.05, 4.69) is 6.92 Å². The lowest BCUT2D eigenvalue weighted by Crippen LogP contribution is -2.26. The standard InChI is InChI=1S/C12H19ClN2O.ClH/c1-2-3-4-11(16)12(15)9-7-8(13)5-6-10(9)14;/h5-7,11-12,16H,2-4,14-15H2,1H3;1H/t11-,12+;/m1./s1. The second-order valence-electron chi connectivity index (χ2n) is 4.01. The van der Waals surface area contributed by atoms with E-state index in [0.29, 0.717) is 17.1 Å². The number of aliphatic hydroxyl groups is 1. The van der Waals surface area contributed by atoms with Crippen molar-refractivity contribution in [3.05, 3.63) is 28.8 Å². The van der Waals surface area contributed by atoms with E-state index in [1.165, 1.54) is 0 Å². The average Bonchev–Trinajstić information content (AvgIpc) is 2.28. The van der Waals surface area contributed by atoms with Crippen LogP contribution in [0.15, 0.2) is 18.2 Å². The minimum atomic E-state index is -0.569. The summed E-state index contributed by atoms with van der Waals surface area (Å²) in [5, 5.41) is 10.5. The highest BCUT2D eigenvalue weighted by Crippen LogP contribution is 2.26. The Bertz CT molecular complexity index is 347. The fourth-order valence-electron chi connectivity index (χ4n) is 1.63. The van der Waals surface area contributed by atoms with Gasteiger partial charge in [0.05, 0.1) is 12.1 Å². The van der Waals surface area contributed by atoms with Gasteiger partial charge in [0.25, 0.3) is 0 Å². The van der Waals surface area contributed by atoms with Gasteiger partial charge < -0.3 is 16.6 Å². The Morgan fingerprint density at radius 1 is 1.41 bits per heavy atom. The van der Waals surface area contributed by atoms with Gasteiger partial charge in [-0.1, -0.05) is 31.4 Å². The molecule has 0 aliphatic heterocycles. The molecule has 98 valence electrons. The number of rotatable bonds is 5. The van der Waals surface area contributed by atoms with Gasteiger partial charge in [-0.25, -0.2) is 0 Å². The molecule has 5 heteroatoms. The molecule has 1 aromatic rings. The molecule has 2 atom stereocenters. The van der Waals surface area contributed by atoms with Crippen LogP contribution >= 0.6 is 24.0 Å². The van der Waals surface area contributed by atoms with E-state index in [-0.39, 0.29) is 12.4 Å². The van der Waals surface area contributed by atoms with Crippen molar-refractivity contribution in [1.29, 1.82) is 0 Å². The summed E-state index contributed by atoms with van der Waals surface area (Å²) in [6.07, 6.45) is 2.11. The predicted molar refractivity (Wildman–Crippen MR) is 75.6 cm³/mol. The molecule has 1 rings (SSSR count). The van der Waals surface area contributed by atoms with Crippen molar-refractivity contribution in [1.82, 2.24) is 0 Å². The molecule has 0 bridgehead atoms. The topological polar surface area (TPSA) is 72.3 Å². The van der Waals surface area contributed by atoms with Crippen LogP contribution in [0.1, 0.15) is 37.8 Å². The second kappa shape index (κ2) is 7.77. The van der Waals surface area contributed by atoms with Crippen molar-refractivity contribution >= 4 is 29.7 Å². The minimum Gasteiger partial charge on any atom is -0.398 e. The molecule has 0 unspecified atom stereocenters. The normalized spacial score (nSPS) is 13.9. The third-order valence-corrected chi connectivity index (χ3v) is 2.91. The molecule has 0 aliphatic rings. The van der Waals surface area contributed by atoms with Gasteiger partial charge in [-0.3, -0.25) is 0 Å². The van der Waals surface area contributed by atoms with Crippen molar-refractivity contribution in [2.75, 3.05) is 5.73 Å². The Hall–Kier alpha value is -0.480. The smallest absolute Gasteiger partial charge is 0.0733 e. The first kappa shape index (κ1) is 16.5. The van der Waals surface area contributed by atoms with Gasteiger partial charge in [0.15, 0.2) is 0 Å². The van der Waals surface area contributed by atoms with Crippen LogP contribution in [0.4, 0.5) is 5.69 Å². The maximum absolute atomic E-state index is 9.89. The Morgan fingerprint density at radius 3 is 2.65 bits per heavy atom. The molecule has 3 nitrogen and oxygen atoms in total. The number of hydrogen-bond donors (Lipinski definition) is 3. The SMILES string of the molecule is CCCC[C@@H](O)[C@@H](N)c1cc(Cl)ccc1N.Cl. The number of hydrogen-bond acceptors (Lipinski definition) is 3. The summed E-state index contributed by atoms with van der Waals surface area (Å²) < 4.78 is 0. The summed E-state index contributed by atoms with van der Waals surface area (Å²) in [6.45, 7) is 2.08. The van der Waals surface area contributed by atoms with Gasteiger partial charge in [-0.05, 0) is 30.2 Å². The zero-order valence-electron chi connectivity index (χ0n) is 9.90. The number of unbranched alkanes of at least 4 members (excludes halogenated alkanes) is 1. The van der Waals surface area contributed by atoms with E-state index >= 15 is 0 Å².